The number of carbonyl (C=O) groups is 1. The minimum atomic E-state index is -4.75. The molecule has 0 aliphatic rings. The van der Waals surface area contributed by atoms with Gasteiger partial charge in [0.25, 0.3) is 0 Å². The van der Waals surface area contributed by atoms with Gasteiger partial charge in [-0.3, -0.25) is 0 Å². The van der Waals surface area contributed by atoms with Gasteiger partial charge in [-0.2, -0.15) is 26.3 Å². The van der Waals surface area contributed by atoms with E-state index in [1.165, 1.54) is 6.07 Å². The fraction of sp³-hybridized carbons (Fsp3) is 0.133. The second-order valence-electron chi connectivity index (χ2n) is 4.64. The number of rotatable bonds is 2. The van der Waals surface area contributed by atoms with E-state index in [4.69, 9.17) is 5.11 Å². The molecule has 0 amide bonds. The Bertz CT molecular complexity index is 746. The zero-order chi connectivity index (χ0) is 17.4. The highest BCUT2D eigenvalue weighted by atomic mass is 19.4. The first-order chi connectivity index (χ1) is 10.5. The molecule has 0 aromatic heterocycles. The summed E-state index contributed by atoms with van der Waals surface area (Å²) in [4.78, 5) is 11.2. The summed E-state index contributed by atoms with van der Waals surface area (Å²) in [7, 11) is 0. The number of halogens is 6. The highest BCUT2D eigenvalue weighted by Crippen LogP contribution is 2.36. The van der Waals surface area contributed by atoms with Gasteiger partial charge in [-0.15, -0.1) is 0 Å². The lowest BCUT2D eigenvalue weighted by atomic mass is 9.96. The Morgan fingerprint density at radius 2 is 1.39 bits per heavy atom. The van der Waals surface area contributed by atoms with E-state index in [0.717, 1.165) is 18.2 Å². The highest BCUT2D eigenvalue weighted by Gasteiger charge is 2.33. The molecule has 0 saturated heterocycles. The third-order valence-electron chi connectivity index (χ3n) is 3.08. The molecule has 0 atom stereocenters. The topological polar surface area (TPSA) is 37.3 Å². The molecule has 0 saturated carbocycles. The minimum absolute atomic E-state index is 0.133. The van der Waals surface area contributed by atoms with E-state index < -0.39 is 35.0 Å². The van der Waals surface area contributed by atoms with Gasteiger partial charge in [0.2, 0.25) is 0 Å². The molecular formula is C15H8F6O2. The fourth-order valence-electron chi connectivity index (χ4n) is 2.01. The molecule has 2 rings (SSSR count). The van der Waals surface area contributed by atoms with E-state index >= 15 is 0 Å². The van der Waals surface area contributed by atoms with Crippen molar-refractivity contribution in [2.75, 3.05) is 0 Å². The molecule has 0 spiro atoms. The van der Waals surface area contributed by atoms with Crippen molar-refractivity contribution in [3.8, 4) is 11.1 Å². The van der Waals surface area contributed by atoms with Crippen LogP contribution in [0, 0.1) is 0 Å². The van der Waals surface area contributed by atoms with Crippen LogP contribution in [0.3, 0.4) is 0 Å². The summed E-state index contributed by atoms with van der Waals surface area (Å²) in [6, 6.07) is 5.61. The molecule has 0 unspecified atom stereocenters. The number of carboxylic acid groups (broad SMARTS) is 1. The molecule has 0 fully saturated rings. The Kier molecular flexibility index (Phi) is 4.10. The zero-order valence-electron chi connectivity index (χ0n) is 11.2. The lowest BCUT2D eigenvalue weighted by Crippen LogP contribution is -2.09. The first-order valence-electron chi connectivity index (χ1n) is 6.12. The Balaban J connectivity index is 2.62. The smallest absolute Gasteiger partial charge is 0.416 e. The normalized spacial score (nSPS) is 12.3. The molecule has 0 radical (unpaired) electrons. The molecule has 122 valence electrons. The van der Waals surface area contributed by atoms with E-state index in [1.807, 2.05) is 0 Å². The molecule has 0 heterocycles. The Morgan fingerprint density at radius 3 is 1.91 bits per heavy atom. The zero-order valence-corrected chi connectivity index (χ0v) is 11.2. The fourth-order valence-corrected chi connectivity index (χ4v) is 2.01. The molecular weight excluding hydrogens is 326 g/mol. The van der Waals surface area contributed by atoms with Crippen LogP contribution in [0.1, 0.15) is 21.5 Å². The standard InChI is InChI=1S/C15H8F6O2/c16-14(17,18)9-3-1-2-8(6-9)11-5-4-10(15(19,20)21)7-12(11)13(22)23/h1-7H,(H,22,23). The Morgan fingerprint density at radius 1 is 0.826 bits per heavy atom. The van der Waals surface area contributed by atoms with Crippen LogP contribution in [0.5, 0.6) is 0 Å². The summed E-state index contributed by atoms with van der Waals surface area (Å²) < 4.78 is 76.0. The van der Waals surface area contributed by atoms with E-state index in [9.17, 15) is 31.1 Å². The van der Waals surface area contributed by atoms with Crippen molar-refractivity contribution in [2.24, 2.45) is 0 Å². The van der Waals surface area contributed by atoms with Crippen molar-refractivity contribution in [3.63, 3.8) is 0 Å². The lowest BCUT2D eigenvalue weighted by Gasteiger charge is -2.13. The van der Waals surface area contributed by atoms with Gasteiger partial charge in [-0.05, 0) is 35.4 Å². The minimum Gasteiger partial charge on any atom is -0.478 e. The van der Waals surface area contributed by atoms with Crippen molar-refractivity contribution >= 4 is 5.97 Å². The molecule has 1 N–H and O–H groups in total. The summed E-state index contributed by atoms with van der Waals surface area (Å²) in [5.41, 5.74) is -3.29. The monoisotopic (exact) mass is 334 g/mol. The van der Waals surface area contributed by atoms with Crippen LogP contribution in [0.15, 0.2) is 42.5 Å². The van der Waals surface area contributed by atoms with Gasteiger partial charge in [0.15, 0.2) is 0 Å². The molecule has 0 aliphatic carbocycles. The SMILES string of the molecule is O=C(O)c1cc(C(F)(F)F)ccc1-c1cccc(C(F)(F)F)c1. The van der Waals surface area contributed by atoms with Crippen molar-refractivity contribution in [3.05, 3.63) is 59.2 Å². The Hall–Kier alpha value is -2.51. The third kappa shape index (κ3) is 3.64. The number of hydrogen-bond acceptors (Lipinski definition) is 1. The van der Waals surface area contributed by atoms with Gasteiger partial charge in [-0.1, -0.05) is 18.2 Å². The first-order valence-corrected chi connectivity index (χ1v) is 6.12. The van der Waals surface area contributed by atoms with Gasteiger partial charge >= 0.3 is 18.3 Å². The number of benzene rings is 2. The van der Waals surface area contributed by atoms with Gasteiger partial charge in [-0.25, -0.2) is 4.79 Å². The van der Waals surface area contributed by atoms with Crippen LogP contribution in [-0.2, 0) is 12.4 Å². The molecule has 0 bridgehead atoms. The summed E-state index contributed by atoms with van der Waals surface area (Å²) in [6.07, 6.45) is -9.40. The quantitative estimate of drug-likeness (QED) is 0.777. The molecule has 2 nitrogen and oxygen atoms in total. The van der Waals surface area contributed by atoms with Gasteiger partial charge < -0.3 is 5.11 Å². The first kappa shape index (κ1) is 16.9. The van der Waals surface area contributed by atoms with Crippen LogP contribution in [0.2, 0.25) is 0 Å². The van der Waals surface area contributed by atoms with Gasteiger partial charge in [0, 0.05) is 0 Å². The molecule has 8 heteroatoms. The summed E-state index contributed by atoms with van der Waals surface area (Å²) in [5.74, 6) is -1.66. The predicted molar refractivity (Wildman–Crippen MR) is 68.8 cm³/mol. The Labute approximate surface area is 126 Å². The molecule has 0 aliphatic heterocycles. The lowest BCUT2D eigenvalue weighted by molar-refractivity contribution is -0.138. The van der Waals surface area contributed by atoms with Crippen LogP contribution in [0.4, 0.5) is 26.3 Å². The van der Waals surface area contributed by atoms with Crippen LogP contribution >= 0.6 is 0 Å². The molecule has 2 aromatic carbocycles. The number of aromatic carboxylic acids is 1. The highest BCUT2D eigenvalue weighted by molar-refractivity contribution is 5.96. The van der Waals surface area contributed by atoms with Crippen LogP contribution in [-0.4, -0.2) is 11.1 Å². The van der Waals surface area contributed by atoms with Crippen LogP contribution in [0.25, 0.3) is 11.1 Å². The number of alkyl halides is 6. The summed E-state index contributed by atoms with van der Waals surface area (Å²) in [5, 5.41) is 9.06. The maximum Gasteiger partial charge on any atom is 0.416 e. The maximum atomic E-state index is 12.7. The van der Waals surface area contributed by atoms with Crippen molar-refractivity contribution < 1.29 is 36.2 Å². The maximum absolute atomic E-state index is 12.7. The molecule has 2 aromatic rings. The van der Waals surface area contributed by atoms with Crippen molar-refractivity contribution in [1.29, 1.82) is 0 Å². The summed E-state index contributed by atoms with van der Waals surface area (Å²) in [6.45, 7) is 0. The van der Waals surface area contributed by atoms with E-state index in [0.29, 0.717) is 18.2 Å². The molecule has 23 heavy (non-hydrogen) atoms. The second kappa shape index (κ2) is 5.60. The largest absolute Gasteiger partial charge is 0.478 e. The van der Waals surface area contributed by atoms with Gasteiger partial charge in [0.1, 0.15) is 0 Å². The average molecular weight is 334 g/mol. The van der Waals surface area contributed by atoms with Crippen molar-refractivity contribution in [2.45, 2.75) is 12.4 Å². The number of carboxylic acids is 1. The van der Waals surface area contributed by atoms with E-state index in [1.54, 1.807) is 0 Å². The van der Waals surface area contributed by atoms with E-state index in [-0.39, 0.29) is 11.1 Å². The summed E-state index contributed by atoms with van der Waals surface area (Å²) >= 11 is 0. The predicted octanol–water partition coefficient (Wildman–Crippen LogP) is 5.09. The van der Waals surface area contributed by atoms with Crippen LogP contribution < -0.4 is 0 Å². The van der Waals surface area contributed by atoms with Crippen molar-refractivity contribution in [1.82, 2.24) is 0 Å². The van der Waals surface area contributed by atoms with Gasteiger partial charge in [0.05, 0.1) is 16.7 Å². The second-order valence-corrected chi connectivity index (χ2v) is 4.64. The third-order valence-corrected chi connectivity index (χ3v) is 3.08. The number of hydrogen-bond donors (Lipinski definition) is 1. The van der Waals surface area contributed by atoms with E-state index in [2.05, 4.69) is 0 Å². The average Bonchev–Trinajstić information content (AvgIpc) is 2.45.